The second-order valence-electron chi connectivity index (χ2n) is 4.08. The van der Waals surface area contributed by atoms with Gasteiger partial charge in [0.15, 0.2) is 5.82 Å². The van der Waals surface area contributed by atoms with Crippen molar-refractivity contribution in [2.75, 3.05) is 11.8 Å². The van der Waals surface area contributed by atoms with Crippen LogP contribution >= 0.6 is 0 Å². The van der Waals surface area contributed by atoms with E-state index in [-0.39, 0.29) is 4.90 Å². The van der Waals surface area contributed by atoms with E-state index in [0.717, 1.165) is 11.3 Å². The van der Waals surface area contributed by atoms with Gasteiger partial charge in [0.05, 0.1) is 7.11 Å². The third kappa shape index (κ3) is 2.55. The second-order valence-corrected chi connectivity index (χ2v) is 5.73. The molecule has 2 rings (SSSR count). The van der Waals surface area contributed by atoms with Crippen molar-refractivity contribution in [3.8, 4) is 5.75 Å². The molecule has 102 valence electrons. The van der Waals surface area contributed by atoms with Crippen LogP contribution in [0.25, 0.3) is 0 Å². The Morgan fingerprint density at radius 3 is 2.53 bits per heavy atom. The molecule has 1 heterocycles. The Balaban J connectivity index is 2.41. The van der Waals surface area contributed by atoms with E-state index in [1.807, 2.05) is 6.92 Å². The van der Waals surface area contributed by atoms with Crippen LogP contribution in [0.1, 0.15) is 11.3 Å². The van der Waals surface area contributed by atoms with Gasteiger partial charge in [-0.1, -0.05) is 12.1 Å². The molecule has 7 heteroatoms. The number of nitrogens with one attached hydrogen (secondary N) is 2. The summed E-state index contributed by atoms with van der Waals surface area (Å²) in [5.41, 5.74) is 1.58. The summed E-state index contributed by atoms with van der Waals surface area (Å²) in [6.07, 6.45) is 0. The monoisotopic (exact) mass is 281 g/mol. The summed E-state index contributed by atoms with van der Waals surface area (Å²) in [4.78, 5) is 0.0811. The largest absolute Gasteiger partial charge is 0.495 e. The lowest BCUT2D eigenvalue weighted by Gasteiger charge is -2.10. The number of sulfonamides is 1. The molecule has 0 spiro atoms. The zero-order chi connectivity index (χ0) is 14.0. The molecule has 0 aliphatic carbocycles. The smallest absolute Gasteiger partial charge is 0.266 e. The van der Waals surface area contributed by atoms with E-state index in [9.17, 15) is 8.42 Å². The Bertz CT molecular complexity index is 692. The van der Waals surface area contributed by atoms with Crippen molar-refractivity contribution in [3.63, 3.8) is 0 Å². The van der Waals surface area contributed by atoms with Crippen LogP contribution in [0, 0.1) is 13.8 Å². The zero-order valence-electron chi connectivity index (χ0n) is 10.9. The lowest BCUT2D eigenvalue weighted by Crippen LogP contribution is -2.15. The van der Waals surface area contributed by atoms with Crippen LogP contribution < -0.4 is 9.46 Å². The Kier molecular flexibility index (Phi) is 3.48. The highest BCUT2D eigenvalue weighted by molar-refractivity contribution is 7.92. The molecule has 0 saturated carbocycles. The number of hydrogen-bond donors (Lipinski definition) is 2. The van der Waals surface area contributed by atoms with E-state index >= 15 is 0 Å². The minimum absolute atomic E-state index is 0.0811. The van der Waals surface area contributed by atoms with E-state index in [2.05, 4.69) is 14.9 Å². The molecule has 0 atom stereocenters. The number of anilines is 1. The molecule has 0 radical (unpaired) electrons. The Labute approximate surface area is 111 Å². The molecule has 0 unspecified atom stereocenters. The van der Waals surface area contributed by atoms with Crippen LogP contribution in [0.5, 0.6) is 5.75 Å². The topological polar surface area (TPSA) is 84.1 Å². The highest BCUT2D eigenvalue weighted by atomic mass is 32.2. The minimum Gasteiger partial charge on any atom is -0.495 e. The Hall–Kier alpha value is -2.02. The lowest BCUT2D eigenvalue weighted by atomic mass is 10.3. The molecule has 0 aliphatic rings. The molecule has 1 aromatic carbocycles. The van der Waals surface area contributed by atoms with E-state index in [1.54, 1.807) is 25.1 Å². The summed E-state index contributed by atoms with van der Waals surface area (Å²) in [5, 5.41) is 6.66. The summed E-state index contributed by atoms with van der Waals surface area (Å²) in [5.74, 6) is 0.586. The van der Waals surface area contributed by atoms with Crippen LogP contribution in [0.15, 0.2) is 29.2 Å². The maximum Gasteiger partial charge on any atom is 0.266 e. The number of H-pyrrole nitrogens is 1. The van der Waals surface area contributed by atoms with Crippen molar-refractivity contribution in [3.05, 3.63) is 35.5 Å². The number of ether oxygens (including phenoxy) is 1. The summed E-state index contributed by atoms with van der Waals surface area (Å²) >= 11 is 0. The van der Waals surface area contributed by atoms with Crippen LogP contribution in [-0.2, 0) is 10.0 Å². The maximum absolute atomic E-state index is 12.3. The van der Waals surface area contributed by atoms with Gasteiger partial charge in [-0.15, -0.1) is 0 Å². The number of methoxy groups -OCH3 is 1. The molecule has 0 fully saturated rings. The fraction of sp³-hybridized carbons (Fsp3) is 0.250. The fourth-order valence-electron chi connectivity index (χ4n) is 1.61. The quantitative estimate of drug-likeness (QED) is 0.895. The first kappa shape index (κ1) is 13.4. The van der Waals surface area contributed by atoms with Crippen LogP contribution in [-0.4, -0.2) is 25.7 Å². The van der Waals surface area contributed by atoms with E-state index in [4.69, 9.17) is 4.74 Å². The minimum atomic E-state index is -3.72. The van der Waals surface area contributed by atoms with Crippen LogP contribution in [0.4, 0.5) is 5.82 Å². The van der Waals surface area contributed by atoms with Gasteiger partial charge in [-0.25, -0.2) is 8.42 Å². The van der Waals surface area contributed by atoms with E-state index in [1.165, 1.54) is 13.2 Å². The highest BCUT2D eigenvalue weighted by Crippen LogP contribution is 2.25. The molecule has 2 N–H and O–H groups in total. The normalized spacial score (nSPS) is 11.3. The lowest BCUT2D eigenvalue weighted by molar-refractivity contribution is 0.403. The number of aromatic amines is 1. The number of hydrogen-bond acceptors (Lipinski definition) is 4. The molecule has 6 nitrogen and oxygen atoms in total. The first-order valence-electron chi connectivity index (χ1n) is 5.63. The molecule has 2 aromatic rings. The molecular weight excluding hydrogens is 266 g/mol. The predicted octanol–water partition coefficient (Wildman–Crippen LogP) is 1.84. The highest BCUT2D eigenvalue weighted by Gasteiger charge is 2.21. The summed E-state index contributed by atoms with van der Waals surface area (Å²) in [7, 11) is -2.29. The first-order valence-corrected chi connectivity index (χ1v) is 7.11. The fourth-order valence-corrected chi connectivity index (χ4v) is 2.84. The standard InChI is InChI=1S/C12H15N3O3S/c1-8-9(2)13-14-12(8)15-19(16,17)11-7-5-4-6-10(11)18-3/h4-7H,1-3H3,(H2,13,14,15). The van der Waals surface area contributed by atoms with Crippen molar-refractivity contribution in [1.29, 1.82) is 0 Å². The van der Waals surface area contributed by atoms with Crippen molar-refractivity contribution in [1.82, 2.24) is 10.2 Å². The summed E-state index contributed by atoms with van der Waals surface area (Å²) in [6.45, 7) is 3.61. The molecule has 0 bridgehead atoms. The third-order valence-corrected chi connectivity index (χ3v) is 4.22. The van der Waals surface area contributed by atoms with Gasteiger partial charge < -0.3 is 4.74 Å². The third-order valence-electron chi connectivity index (χ3n) is 2.84. The van der Waals surface area contributed by atoms with Crippen molar-refractivity contribution >= 4 is 15.8 Å². The zero-order valence-corrected chi connectivity index (χ0v) is 11.7. The van der Waals surface area contributed by atoms with Gasteiger partial charge in [0.25, 0.3) is 10.0 Å². The van der Waals surface area contributed by atoms with Gasteiger partial charge in [-0.2, -0.15) is 5.10 Å². The van der Waals surface area contributed by atoms with Gasteiger partial charge in [0.1, 0.15) is 10.6 Å². The van der Waals surface area contributed by atoms with Gasteiger partial charge in [-0.3, -0.25) is 9.82 Å². The molecular formula is C12H15N3O3S. The maximum atomic E-state index is 12.3. The number of aromatic nitrogens is 2. The van der Waals surface area contributed by atoms with Gasteiger partial charge in [0.2, 0.25) is 0 Å². The average molecular weight is 281 g/mol. The van der Waals surface area contributed by atoms with Crippen LogP contribution in [0.2, 0.25) is 0 Å². The number of para-hydroxylation sites is 1. The molecule has 1 aromatic heterocycles. The predicted molar refractivity (Wildman–Crippen MR) is 71.9 cm³/mol. The average Bonchev–Trinajstić information content (AvgIpc) is 2.70. The molecule has 0 saturated heterocycles. The van der Waals surface area contributed by atoms with E-state index < -0.39 is 10.0 Å². The molecule has 0 aliphatic heterocycles. The van der Waals surface area contributed by atoms with Gasteiger partial charge in [0, 0.05) is 11.3 Å². The Morgan fingerprint density at radius 2 is 1.95 bits per heavy atom. The van der Waals surface area contributed by atoms with Crippen LogP contribution in [0.3, 0.4) is 0 Å². The molecule has 0 amide bonds. The number of nitrogens with zero attached hydrogens (tertiary/aromatic N) is 1. The van der Waals surface area contributed by atoms with Crippen molar-refractivity contribution in [2.24, 2.45) is 0 Å². The second kappa shape index (κ2) is 4.93. The number of aryl methyl sites for hydroxylation is 1. The summed E-state index contributed by atoms with van der Waals surface area (Å²) in [6, 6.07) is 6.43. The SMILES string of the molecule is COc1ccccc1S(=O)(=O)Nc1n[nH]c(C)c1C. The van der Waals surface area contributed by atoms with Crippen molar-refractivity contribution < 1.29 is 13.2 Å². The number of benzene rings is 1. The number of rotatable bonds is 4. The molecule has 19 heavy (non-hydrogen) atoms. The van der Waals surface area contributed by atoms with Gasteiger partial charge in [-0.05, 0) is 26.0 Å². The van der Waals surface area contributed by atoms with Gasteiger partial charge >= 0.3 is 0 Å². The van der Waals surface area contributed by atoms with Crippen molar-refractivity contribution in [2.45, 2.75) is 18.7 Å². The van der Waals surface area contributed by atoms with E-state index in [0.29, 0.717) is 11.6 Å². The summed E-state index contributed by atoms with van der Waals surface area (Å²) < 4.78 is 32.1. The Morgan fingerprint density at radius 1 is 1.26 bits per heavy atom. The first-order chi connectivity index (χ1) is 8.95.